The predicted molar refractivity (Wildman–Crippen MR) is 50.1 cm³/mol. The summed E-state index contributed by atoms with van der Waals surface area (Å²) in [4.78, 5) is 0. The van der Waals surface area contributed by atoms with Crippen molar-refractivity contribution >= 4 is 0 Å². The zero-order valence-electron chi connectivity index (χ0n) is 7.39. The Morgan fingerprint density at radius 1 is 0.615 bits per heavy atom. The van der Waals surface area contributed by atoms with E-state index in [1.807, 2.05) is 0 Å². The van der Waals surface area contributed by atoms with Crippen LogP contribution in [0.5, 0.6) is 0 Å². The zero-order chi connectivity index (χ0) is 8.23. The number of hydrogen-bond donors (Lipinski definition) is 0. The first-order valence-electron chi connectivity index (χ1n) is 4.36. The van der Waals surface area contributed by atoms with Crippen LogP contribution in [0.2, 0.25) is 0 Å². The molecule has 0 nitrogen and oxygen atoms in total. The van der Waals surface area contributed by atoms with Crippen LogP contribution in [-0.4, -0.2) is 0 Å². The van der Waals surface area contributed by atoms with Gasteiger partial charge in [-0.15, -0.1) is 0 Å². The average molecular weight is 212 g/mol. The van der Waals surface area contributed by atoms with E-state index in [-0.39, 0.29) is 17.1 Å². The van der Waals surface area contributed by atoms with Crippen molar-refractivity contribution in [3.63, 3.8) is 0 Å². The molecule has 0 saturated heterocycles. The summed E-state index contributed by atoms with van der Waals surface area (Å²) in [6.45, 7) is 0. The van der Waals surface area contributed by atoms with Crippen LogP contribution in [0.15, 0.2) is 0 Å². The van der Waals surface area contributed by atoms with E-state index in [0.717, 1.165) is 12.8 Å². The topological polar surface area (TPSA) is 0 Å². The molecule has 0 heterocycles. The summed E-state index contributed by atoms with van der Waals surface area (Å²) in [6.07, 6.45) is 19.5. The molecule has 0 N–H and O–H groups in total. The first-order valence-corrected chi connectivity index (χ1v) is 4.36. The second-order valence-electron chi connectivity index (χ2n) is 3.09. The quantitative estimate of drug-likeness (QED) is 0.630. The minimum absolute atomic E-state index is 0. The Hall–Kier alpha value is 0.519. The molecule has 2 saturated carbocycles. The predicted octanol–water partition coefficient (Wildman–Crippen LogP) is 2.57. The van der Waals surface area contributed by atoms with Crippen LogP contribution in [-0.2, 0) is 17.1 Å². The van der Waals surface area contributed by atoms with Gasteiger partial charge in [-0.1, -0.05) is 0 Å². The minimum atomic E-state index is 0. The number of hydrogen-bond acceptors (Lipinski definition) is 0. The third-order valence-corrected chi connectivity index (χ3v) is 2.17. The molecule has 0 amide bonds. The summed E-state index contributed by atoms with van der Waals surface area (Å²) in [7, 11) is 0. The Morgan fingerprint density at radius 2 is 0.923 bits per heavy atom. The van der Waals surface area contributed by atoms with E-state index in [2.05, 4.69) is 51.4 Å². The van der Waals surface area contributed by atoms with Gasteiger partial charge in [0.05, 0.1) is 0 Å². The van der Waals surface area contributed by atoms with Gasteiger partial charge < -0.3 is 0 Å². The van der Waals surface area contributed by atoms with Gasteiger partial charge in [0.2, 0.25) is 0 Å². The SMILES string of the molecule is [CH]1[CH][CH][C](CC[C]2[CH][CH][CH][CH]2)[CH]1.[Fe+2]. The third kappa shape index (κ3) is 3.64. The molecule has 0 aromatic rings. The van der Waals surface area contributed by atoms with Crippen molar-refractivity contribution in [2.24, 2.45) is 0 Å². The molecule has 0 aromatic heterocycles. The average Bonchev–Trinajstić information content (AvgIpc) is 2.74. The summed E-state index contributed by atoms with van der Waals surface area (Å²) >= 11 is 0. The molecule has 66 valence electrons. The maximum atomic E-state index is 2.18. The fraction of sp³-hybridized carbons (Fsp3) is 0.167. The molecule has 10 radical (unpaired) electrons. The van der Waals surface area contributed by atoms with E-state index >= 15 is 0 Å². The van der Waals surface area contributed by atoms with Crippen molar-refractivity contribution in [1.29, 1.82) is 0 Å². The van der Waals surface area contributed by atoms with Crippen LogP contribution >= 0.6 is 0 Å². The molecule has 0 spiro atoms. The van der Waals surface area contributed by atoms with E-state index < -0.39 is 0 Å². The van der Waals surface area contributed by atoms with Crippen LogP contribution in [0, 0.1) is 63.2 Å². The van der Waals surface area contributed by atoms with Gasteiger partial charge in [-0.3, -0.25) is 0 Å². The molecule has 2 rings (SSSR count). The molecule has 0 aromatic carbocycles. The Kier molecular flexibility index (Phi) is 5.43. The Morgan fingerprint density at radius 3 is 1.23 bits per heavy atom. The summed E-state index contributed by atoms with van der Waals surface area (Å²) in [5.74, 6) is 2.88. The van der Waals surface area contributed by atoms with Gasteiger partial charge in [-0.05, 0) is 76.0 Å². The minimum Gasteiger partial charge on any atom is -0.0459 e. The Balaban J connectivity index is 0.000000845. The molecule has 1 heteroatoms. The van der Waals surface area contributed by atoms with Crippen LogP contribution in [0.4, 0.5) is 0 Å². The molecule has 2 aliphatic carbocycles. The smallest absolute Gasteiger partial charge is 0.0459 e. The summed E-state index contributed by atoms with van der Waals surface area (Å²) in [5.41, 5.74) is 0. The molecular formula is C12H12Fe+2. The normalized spacial score (nSPS) is 24.9. The van der Waals surface area contributed by atoms with Crippen molar-refractivity contribution in [3.05, 3.63) is 63.2 Å². The van der Waals surface area contributed by atoms with E-state index in [0.29, 0.717) is 0 Å². The summed E-state index contributed by atoms with van der Waals surface area (Å²) in [5, 5.41) is 0. The molecule has 13 heavy (non-hydrogen) atoms. The fourth-order valence-electron chi connectivity index (χ4n) is 1.45. The molecule has 0 unspecified atom stereocenters. The van der Waals surface area contributed by atoms with Crippen molar-refractivity contribution in [3.8, 4) is 0 Å². The second-order valence-corrected chi connectivity index (χ2v) is 3.09. The fourth-order valence-corrected chi connectivity index (χ4v) is 1.45. The van der Waals surface area contributed by atoms with Gasteiger partial charge in [0.15, 0.2) is 0 Å². The second kappa shape index (κ2) is 6.09. The molecular weight excluding hydrogens is 200 g/mol. The first kappa shape index (κ1) is 11.6. The molecule has 0 atom stereocenters. The van der Waals surface area contributed by atoms with E-state index in [4.69, 9.17) is 0 Å². The monoisotopic (exact) mass is 212 g/mol. The largest absolute Gasteiger partial charge is 2.00 e. The standard InChI is InChI=1S/C12H12.Fe/c1-2-6-11(5-1)9-10-12-7-3-4-8-12;/h1-8H,9-10H2;/q;+2. The van der Waals surface area contributed by atoms with Crippen molar-refractivity contribution in [1.82, 2.24) is 0 Å². The first-order chi connectivity index (χ1) is 5.95. The molecule has 0 bridgehead atoms. The van der Waals surface area contributed by atoms with Crippen LogP contribution in [0.1, 0.15) is 12.8 Å². The van der Waals surface area contributed by atoms with Crippen LogP contribution in [0.3, 0.4) is 0 Å². The Labute approximate surface area is 93.3 Å². The maximum Gasteiger partial charge on any atom is 2.00 e. The van der Waals surface area contributed by atoms with Crippen molar-refractivity contribution in [2.75, 3.05) is 0 Å². The van der Waals surface area contributed by atoms with Crippen LogP contribution < -0.4 is 0 Å². The van der Waals surface area contributed by atoms with Gasteiger partial charge in [0, 0.05) is 0 Å². The molecule has 0 aliphatic heterocycles. The van der Waals surface area contributed by atoms with Crippen molar-refractivity contribution < 1.29 is 17.1 Å². The third-order valence-electron chi connectivity index (χ3n) is 2.17. The summed E-state index contributed by atoms with van der Waals surface area (Å²) < 4.78 is 0. The van der Waals surface area contributed by atoms with E-state index in [1.54, 1.807) is 0 Å². The summed E-state index contributed by atoms with van der Waals surface area (Å²) in [6, 6.07) is 0. The number of rotatable bonds is 3. The van der Waals surface area contributed by atoms with E-state index in [1.165, 1.54) is 11.8 Å². The van der Waals surface area contributed by atoms with Crippen LogP contribution in [0.25, 0.3) is 0 Å². The van der Waals surface area contributed by atoms with Gasteiger partial charge in [0.25, 0.3) is 0 Å². The maximum absolute atomic E-state index is 2.18. The van der Waals surface area contributed by atoms with E-state index in [9.17, 15) is 0 Å². The van der Waals surface area contributed by atoms with Gasteiger partial charge >= 0.3 is 17.1 Å². The van der Waals surface area contributed by atoms with Crippen molar-refractivity contribution in [2.45, 2.75) is 12.8 Å². The van der Waals surface area contributed by atoms with Gasteiger partial charge in [0.1, 0.15) is 0 Å². The molecule has 2 aliphatic rings. The van der Waals surface area contributed by atoms with Gasteiger partial charge in [-0.2, -0.15) is 0 Å². The Bertz CT molecular complexity index is 105. The molecule has 2 fully saturated rings. The zero-order valence-corrected chi connectivity index (χ0v) is 8.49. The van der Waals surface area contributed by atoms with Gasteiger partial charge in [-0.25, -0.2) is 0 Å².